The maximum atomic E-state index is 13.1. The molecule has 4 N–H and O–H groups in total. The Labute approximate surface area is 105 Å². The molecule has 0 unspecified atom stereocenters. The number of aliphatic hydroxyl groups is 3. The van der Waals surface area contributed by atoms with E-state index >= 15 is 0 Å². The second-order valence-corrected chi connectivity index (χ2v) is 4.25. The zero-order valence-electron chi connectivity index (χ0n) is 9.69. The lowest BCUT2D eigenvalue weighted by atomic mass is 10.0. The number of nitrogens with one attached hydrogen (secondary N) is 1. The third-order valence-electron chi connectivity index (χ3n) is 2.96. The summed E-state index contributed by atoms with van der Waals surface area (Å²) in [6.07, 6.45) is -4.25. The number of H-pyrrole nitrogens is 1. The van der Waals surface area contributed by atoms with E-state index in [2.05, 4.69) is 0 Å². The van der Waals surface area contributed by atoms with Crippen molar-refractivity contribution >= 4 is 0 Å². The summed E-state index contributed by atoms with van der Waals surface area (Å²) in [6.45, 7) is -0.574. The van der Waals surface area contributed by atoms with Crippen LogP contribution in [0.3, 0.4) is 0 Å². The van der Waals surface area contributed by atoms with Crippen molar-refractivity contribution in [2.24, 2.45) is 0 Å². The third kappa shape index (κ3) is 2.59. The van der Waals surface area contributed by atoms with Gasteiger partial charge in [0.25, 0.3) is 5.56 Å². The third-order valence-corrected chi connectivity index (χ3v) is 2.96. The molecule has 1 fully saturated rings. The van der Waals surface area contributed by atoms with Gasteiger partial charge in [-0.05, 0) is 0 Å². The minimum atomic E-state index is -1.30. The molecule has 1 aromatic rings. The molecule has 2 rings (SSSR count). The van der Waals surface area contributed by atoms with Gasteiger partial charge < -0.3 is 20.1 Å². The van der Waals surface area contributed by atoms with Crippen LogP contribution in [0.5, 0.6) is 0 Å². The second kappa shape index (κ2) is 5.21. The van der Waals surface area contributed by atoms with Crippen molar-refractivity contribution in [2.75, 3.05) is 6.61 Å². The monoisotopic (exact) mass is 276 g/mol. The number of aliphatic hydroxyl groups excluding tert-OH is 3. The van der Waals surface area contributed by atoms with Gasteiger partial charge in [0, 0.05) is 6.42 Å². The fourth-order valence-corrected chi connectivity index (χ4v) is 1.94. The number of ether oxygens (including phenoxy) is 1. The van der Waals surface area contributed by atoms with Gasteiger partial charge in [-0.15, -0.1) is 0 Å². The van der Waals surface area contributed by atoms with E-state index in [0.29, 0.717) is 6.20 Å². The zero-order chi connectivity index (χ0) is 14.2. The number of rotatable bonds is 2. The Kier molecular flexibility index (Phi) is 3.80. The number of aromatic nitrogens is 2. The minimum Gasteiger partial charge on any atom is -0.394 e. The average molecular weight is 276 g/mol. The van der Waals surface area contributed by atoms with Crippen LogP contribution >= 0.6 is 0 Å². The summed E-state index contributed by atoms with van der Waals surface area (Å²) in [5.41, 5.74) is -2.06. The number of aromatic amines is 1. The van der Waals surface area contributed by atoms with E-state index in [4.69, 9.17) is 9.84 Å². The molecule has 8 nitrogen and oxygen atoms in total. The van der Waals surface area contributed by atoms with Crippen molar-refractivity contribution in [3.63, 3.8) is 0 Å². The van der Waals surface area contributed by atoms with E-state index in [1.54, 1.807) is 4.98 Å². The van der Waals surface area contributed by atoms with E-state index < -0.39 is 48.2 Å². The summed E-state index contributed by atoms with van der Waals surface area (Å²) in [4.78, 5) is 24.2. The van der Waals surface area contributed by atoms with Gasteiger partial charge in [0.15, 0.2) is 0 Å². The SMILES string of the molecule is O=c1[nH]c(=O)n([C@H]2C[C@@H](O)[C@H](O)[C@@H](CO)O2)cc1F. The van der Waals surface area contributed by atoms with Crippen molar-refractivity contribution in [3.8, 4) is 0 Å². The Morgan fingerprint density at radius 1 is 1.47 bits per heavy atom. The Balaban J connectivity index is 2.35. The molecule has 0 spiro atoms. The number of hydrogen-bond acceptors (Lipinski definition) is 6. The van der Waals surface area contributed by atoms with Crippen molar-refractivity contribution in [2.45, 2.75) is 31.0 Å². The van der Waals surface area contributed by atoms with Crippen LogP contribution < -0.4 is 11.2 Å². The molecule has 0 bridgehead atoms. The fourth-order valence-electron chi connectivity index (χ4n) is 1.94. The van der Waals surface area contributed by atoms with Gasteiger partial charge in [0.1, 0.15) is 18.4 Å². The molecule has 106 valence electrons. The molecule has 4 atom stereocenters. The molecule has 0 aromatic carbocycles. The Bertz CT molecular complexity index is 570. The molecule has 0 saturated carbocycles. The second-order valence-electron chi connectivity index (χ2n) is 4.25. The summed E-state index contributed by atoms with van der Waals surface area (Å²) in [5, 5.41) is 28.1. The molecule has 1 aliphatic rings. The lowest BCUT2D eigenvalue weighted by Crippen LogP contribution is -2.50. The maximum Gasteiger partial charge on any atom is 0.330 e. The number of nitrogens with zero attached hydrogens (tertiary/aromatic N) is 1. The van der Waals surface area contributed by atoms with Gasteiger partial charge in [-0.2, -0.15) is 4.39 Å². The molecule has 1 aliphatic heterocycles. The predicted molar refractivity (Wildman–Crippen MR) is 58.9 cm³/mol. The number of halogens is 1. The highest BCUT2D eigenvalue weighted by Crippen LogP contribution is 2.26. The van der Waals surface area contributed by atoms with Crippen LogP contribution in [0.4, 0.5) is 4.39 Å². The maximum absolute atomic E-state index is 13.1. The average Bonchev–Trinajstić information content (AvgIpc) is 2.37. The summed E-state index contributed by atoms with van der Waals surface area (Å²) in [5.74, 6) is -1.18. The summed E-state index contributed by atoms with van der Waals surface area (Å²) in [6, 6.07) is 0. The molecular formula is C10H13FN2O6. The topological polar surface area (TPSA) is 125 Å². The van der Waals surface area contributed by atoms with Crippen LogP contribution in [0, 0.1) is 5.82 Å². The highest BCUT2D eigenvalue weighted by Gasteiger charge is 2.37. The van der Waals surface area contributed by atoms with E-state index in [9.17, 15) is 24.2 Å². The van der Waals surface area contributed by atoms with Gasteiger partial charge in [0.05, 0.1) is 18.9 Å². The summed E-state index contributed by atoms with van der Waals surface area (Å²) >= 11 is 0. The molecule has 0 radical (unpaired) electrons. The van der Waals surface area contributed by atoms with Crippen molar-refractivity contribution < 1.29 is 24.4 Å². The predicted octanol–water partition coefficient (Wildman–Crippen LogP) is -2.32. The first-order chi connectivity index (χ1) is 8.93. The van der Waals surface area contributed by atoms with E-state index in [1.807, 2.05) is 0 Å². The lowest BCUT2D eigenvalue weighted by molar-refractivity contribution is -0.202. The molecule has 1 aromatic heterocycles. The van der Waals surface area contributed by atoms with Crippen LogP contribution in [0.2, 0.25) is 0 Å². The largest absolute Gasteiger partial charge is 0.394 e. The van der Waals surface area contributed by atoms with Crippen LogP contribution in [0.15, 0.2) is 15.8 Å². The quantitative estimate of drug-likeness (QED) is 0.480. The summed E-state index contributed by atoms with van der Waals surface area (Å²) < 4.78 is 19.1. The van der Waals surface area contributed by atoms with E-state index in [0.717, 1.165) is 4.57 Å². The van der Waals surface area contributed by atoms with Gasteiger partial charge in [0.2, 0.25) is 5.82 Å². The van der Waals surface area contributed by atoms with Crippen molar-refractivity contribution in [1.29, 1.82) is 0 Å². The first kappa shape index (κ1) is 13.9. The standard InChI is InChI=1S/C10H13FN2O6/c11-4-2-13(10(18)12-9(4)17)7-1-5(15)8(16)6(3-14)19-7/h2,5-8,14-16H,1,3H2,(H,12,17,18)/t5-,6-,7-,8+/m1/s1. The van der Waals surface area contributed by atoms with Gasteiger partial charge in [-0.25, -0.2) is 4.79 Å². The van der Waals surface area contributed by atoms with Crippen molar-refractivity contribution in [1.82, 2.24) is 9.55 Å². The smallest absolute Gasteiger partial charge is 0.330 e. The van der Waals surface area contributed by atoms with E-state index in [-0.39, 0.29) is 6.42 Å². The highest BCUT2D eigenvalue weighted by atomic mass is 19.1. The van der Waals surface area contributed by atoms with Crippen LogP contribution in [0.25, 0.3) is 0 Å². The first-order valence-electron chi connectivity index (χ1n) is 5.57. The molecule has 0 amide bonds. The Morgan fingerprint density at radius 2 is 2.16 bits per heavy atom. The number of hydrogen-bond donors (Lipinski definition) is 4. The van der Waals surface area contributed by atoms with Crippen LogP contribution in [0.1, 0.15) is 12.6 Å². The van der Waals surface area contributed by atoms with Crippen molar-refractivity contribution in [3.05, 3.63) is 32.9 Å². The summed E-state index contributed by atoms with van der Waals surface area (Å²) in [7, 11) is 0. The normalized spacial score (nSPS) is 31.4. The molecular weight excluding hydrogens is 263 g/mol. The first-order valence-corrected chi connectivity index (χ1v) is 5.57. The van der Waals surface area contributed by atoms with Gasteiger partial charge in [-0.1, -0.05) is 0 Å². The molecule has 0 aliphatic carbocycles. The Morgan fingerprint density at radius 3 is 2.79 bits per heavy atom. The van der Waals surface area contributed by atoms with Gasteiger partial charge in [-0.3, -0.25) is 14.3 Å². The minimum absolute atomic E-state index is 0.178. The van der Waals surface area contributed by atoms with Gasteiger partial charge >= 0.3 is 5.69 Å². The Hall–Kier alpha value is -1.55. The zero-order valence-corrected chi connectivity index (χ0v) is 9.69. The van der Waals surface area contributed by atoms with Crippen LogP contribution in [-0.4, -0.2) is 49.8 Å². The lowest BCUT2D eigenvalue weighted by Gasteiger charge is -2.36. The molecule has 19 heavy (non-hydrogen) atoms. The molecule has 2 heterocycles. The molecule has 9 heteroatoms. The highest BCUT2D eigenvalue weighted by molar-refractivity contribution is 4.91. The van der Waals surface area contributed by atoms with Crippen LogP contribution in [-0.2, 0) is 4.74 Å². The van der Waals surface area contributed by atoms with E-state index in [1.165, 1.54) is 0 Å². The fraction of sp³-hybridized carbons (Fsp3) is 0.600. The molecule has 1 saturated heterocycles.